The van der Waals surface area contributed by atoms with E-state index >= 15 is 0 Å². The summed E-state index contributed by atoms with van der Waals surface area (Å²) in [4.78, 5) is 24.3. The summed E-state index contributed by atoms with van der Waals surface area (Å²) in [6.07, 6.45) is 0. The van der Waals surface area contributed by atoms with Gasteiger partial charge < -0.3 is 10.7 Å². The van der Waals surface area contributed by atoms with Gasteiger partial charge in [0, 0.05) is 38.3 Å². The van der Waals surface area contributed by atoms with Crippen LogP contribution in [-0.2, 0) is 6.54 Å². The van der Waals surface area contributed by atoms with E-state index in [9.17, 15) is 4.79 Å². The highest BCUT2D eigenvalue weighted by Crippen LogP contribution is 2.10. The Bertz CT molecular complexity index is 732. The molecule has 1 fully saturated rings. The highest BCUT2D eigenvalue weighted by atomic mass is 35.5. The Morgan fingerprint density at radius 3 is 2.46 bits per heavy atom. The van der Waals surface area contributed by atoms with E-state index in [0.717, 1.165) is 44.1 Å². The van der Waals surface area contributed by atoms with Gasteiger partial charge in [-0.3, -0.25) is 14.6 Å². The average Bonchev–Trinajstić information content (AvgIpc) is 2.48. The molecular formula is C17H26ClN5O. The fourth-order valence-electron chi connectivity index (χ4n) is 3.10. The Kier molecular flexibility index (Phi) is 5.98. The lowest BCUT2D eigenvalue weighted by Crippen LogP contribution is -2.52. The van der Waals surface area contributed by atoms with Crippen LogP contribution in [-0.4, -0.2) is 58.0 Å². The number of halogens is 1. The maximum absolute atomic E-state index is 12.1. The molecule has 1 aromatic carbocycles. The van der Waals surface area contributed by atoms with Crippen LogP contribution >= 0.6 is 12.4 Å². The number of H-pyrrole nitrogens is 1. The third kappa shape index (κ3) is 4.77. The lowest BCUT2D eigenvalue weighted by Gasteiger charge is -2.37. The highest BCUT2D eigenvalue weighted by Gasteiger charge is 2.22. The zero-order valence-corrected chi connectivity index (χ0v) is 15.1. The monoisotopic (exact) mass is 351 g/mol. The third-order valence-corrected chi connectivity index (χ3v) is 4.13. The van der Waals surface area contributed by atoms with Crippen LogP contribution in [0.3, 0.4) is 0 Å². The van der Waals surface area contributed by atoms with E-state index in [2.05, 4.69) is 33.6 Å². The molecule has 3 N–H and O–H groups in total. The number of aromatic amines is 1. The Hall–Kier alpha value is -1.47. The van der Waals surface area contributed by atoms with Crippen LogP contribution in [0.1, 0.15) is 19.7 Å². The number of nitrogens with two attached hydrogens (primary N) is 1. The number of hydrogen-bond donors (Lipinski definition) is 2. The molecule has 0 aliphatic carbocycles. The molecule has 0 radical (unpaired) electrons. The number of para-hydroxylation sites is 1. The van der Waals surface area contributed by atoms with Gasteiger partial charge in [-0.25, -0.2) is 4.98 Å². The molecule has 1 aromatic heterocycles. The number of fused-ring (bicyclic) bond motifs is 1. The molecule has 0 bridgehead atoms. The molecule has 24 heavy (non-hydrogen) atoms. The molecule has 6 nitrogen and oxygen atoms in total. The van der Waals surface area contributed by atoms with Crippen molar-refractivity contribution in [3.05, 3.63) is 40.4 Å². The van der Waals surface area contributed by atoms with E-state index in [4.69, 9.17) is 5.73 Å². The highest BCUT2D eigenvalue weighted by molar-refractivity contribution is 5.85. The van der Waals surface area contributed by atoms with Crippen LogP contribution in [0, 0.1) is 0 Å². The summed E-state index contributed by atoms with van der Waals surface area (Å²) in [7, 11) is 0. The molecule has 1 saturated heterocycles. The van der Waals surface area contributed by atoms with Gasteiger partial charge in [-0.15, -0.1) is 12.4 Å². The van der Waals surface area contributed by atoms with E-state index in [-0.39, 0.29) is 23.5 Å². The minimum absolute atomic E-state index is 0. The Labute approximate surface area is 148 Å². The molecule has 0 unspecified atom stereocenters. The lowest BCUT2D eigenvalue weighted by molar-refractivity contribution is 0.110. The first-order valence-corrected chi connectivity index (χ1v) is 8.12. The zero-order chi connectivity index (χ0) is 16.4. The SMILES string of the molecule is CC(C)(N)CN1CCN(Cc2nc3ccccc3c(=O)[nH]2)CC1.Cl. The van der Waals surface area contributed by atoms with Crippen molar-refractivity contribution in [1.29, 1.82) is 0 Å². The molecule has 0 saturated carbocycles. The maximum atomic E-state index is 12.1. The molecule has 7 heteroatoms. The lowest BCUT2D eigenvalue weighted by atomic mass is 10.1. The van der Waals surface area contributed by atoms with Crippen LogP contribution in [0.2, 0.25) is 0 Å². The van der Waals surface area contributed by atoms with E-state index in [1.807, 2.05) is 18.2 Å². The molecule has 0 atom stereocenters. The van der Waals surface area contributed by atoms with E-state index in [1.165, 1.54) is 0 Å². The summed E-state index contributed by atoms with van der Waals surface area (Å²) in [6.45, 7) is 9.63. The van der Waals surface area contributed by atoms with Gasteiger partial charge in [0.05, 0.1) is 17.4 Å². The normalized spacial score (nSPS) is 17.0. The predicted octanol–water partition coefficient (Wildman–Crippen LogP) is 1.20. The van der Waals surface area contributed by atoms with Gasteiger partial charge in [0.15, 0.2) is 0 Å². The van der Waals surface area contributed by atoms with Crippen LogP contribution in [0.25, 0.3) is 10.9 Å². The van der Waals surface area contributed by atoms with Gasteiger partial charge in [-0.1, -0.05) is 12.1 Å². The molecule has 2 aromatic rings. The molecule has 1 aliphatic rings. The average molecular weight is 352 g/mol. The van der Waals surface area contributed by atoms with E-state index in [0.29, 0.717) is 11.9 Å². The predicted molar refractivity (Wildman–Crippen MR) is 99.6 cm³/mol. The van der Waals surface area contributed by atoms with Crippen molar-refractivity contribution in [2.75, 3.05) is 32.7 Å². The first kappa shape index (κ1) is 18.9. The molecule has 0 amide bonds. The molecular weight excluding hydrogens is 326 g/mol. The third-order valence-electron chi connectivity index (χ3n) is 4.13. The van der Waals surface area contributed by atoms with Crippen molar-refractivity contribution in [2.45, 2.75) is 25.9 Å². The van der Waals surface area contributed by atoms with E-state index in [1.54, 1.807) is 6.07 Å². The van der Waals surface area contributed by atoms with Gasteiger partial charge in [-0.2, -0.15) is 0 Å². The maximum Gasteiger partial charge on any atom is 0.258 e. The summed E-state index contributed by atoms with van der Waals surface area (Å²) in [6, 6.07) is 7.45. The van der Waals surface area contributed by atoms with Crippen LogP contribution in [0.15, 0.2) is 29.1 Å². The fourth-order valence-corrected chi connectivity index (χ4v) is 3.10. The van der Waals surface area contributed by atoms with Crippen molar-refractivity contribution < 1.29 is 0 Å². The second-order valence-corrected chi connectivity index (χ2v) is 7.07. The van der Waals surface area contributed by atoms with Gasteiger partial charge in [0.1, 0.15) is 5.82 Å². The second-order valence-electron chi connectivity index (χ2n) is 7.07. The van der Waals surface area contributed by atoms with Crippen molar-refractivity contribution >= 4 is 23.3 Å². The number of nitrogens with one attached hydrogen (secondary N) is 1. The molecule has 3 rings (SSSR count). The van der Waals surface area contributed by atoms with Crippen molar-refractivity contribution in [2.24, 2.45) is 5.73 Å². The smallest absolute Gasteiger partial charge is 0.258 e. The van der Waals surface area contributed by atoms with E-state index < -0.39 is 0 Å². The first-order chi connectivity index (χ1) is 10.9. The van der Waals surface area contributed by atoms with Crippen molar-refractivity contribution in [3.8, 4) is 0 Å². The number of aromatic nitrogens is 2. The quantitative estimate of drug-likeness (QED) is 0.865. The number of piperazine rings is 1. The van der Waals surface area contributed by atoms with Gasteiger partial charge >= 0.3 is 0 Å². The summed E-state index contributed by atoms with van der Waals surface area (Å²) in [5.41, 5.74) is 6.63. The fraction of sp³-hybridized carbons (Fsp3) is 0.529. The first-order valence-electron chi connectivity index (χ1n) is 8.12. The van der Waals surface area contributed by atoms with Crippen LogP contribution in [0.5, 0.6) is 0 Å². The van der Waals surface area contributed by atoms with Crippen LogP contribution in [0.4, 0.5) is 0 Å². The largest absolute Gasteiger partial charge is 0.324 e. The number of rotatable bonds is 4. The summed E-state index contributed by atoms with van der Waals surface area (Å²) in [5, 5.41) is 0.645. The van der Waals surface area contributed by atoms with Gasteiger partial charge in [0.2, 0.25) is 0 Å². The number of hydrogen-bond acceptors (Lipinski definition) is 5. The zero-order valence-electron chi connectivity index (χ0n) is 14.3. The molecule has 132 valence electrons. The minimum Gasteiger partial charge on any atom is -0.324 e. The van der Waals surface area contributed by atoms with Crippen LogP contribution < -0.4 is 11.3 Å². The summed E-state index contributed by atoms with van der Waals surface area (Å²) < 4.78 is 0. The number of benzene rings is 1. The molecule has 2 heterocycles. The topological polar surface area (TPSA) is 78.2 Å². The standard InChI is InChI=1S/C17H25N5O.ClH/c1-17(2,18)12-22-9-7-21(8-10-22)11-15-19-14-6-4-3-5-13(14)16(23)20-15;/h3-6H,7-12,18H2,1-2H3,(H,19,20,23);1H. The second kappa shape index (κ2) is 7.61. The van der Waals surface area contributed by atoms with Crippen molar-refractivity contribution in [1.82, 2.24) is 19.8 Å². The van der Waals surface area contributed by atoms with Gasteiger partial charge in [-0.05, 0) is 26.0 Å². The minimum atomic E-state index is -0.159. The van der Waals surface area contributed by atoms with Gasteiger partial charge in [0.25, 0.3) is 5.56 Å². The molecule has 1 aliphatic heterocycles. The molecule has 0 spiro atoms. The van der Waals surface area contributed by atoms with Crippen molar-refractivity contribution in [3.63, 3.8) is 0 Å². The Morgan fingerprint density at radius 2 is 1.79 bits per heavy atom. The Balaban J connectivity index is 0.00000208. The summed E-state index contributed by atoms with van der Waals surface area (Å²) in [5.74, 6) is 0.737. The summed E-state index contributed by atoms with van der Waals surface area (Å²) >= 11 is 0. The Morgan fingerprint density at radius 1 is 1.17 bits per heavy atom. The number of nitrogens with zero attached hydrogens (tertiary/aromatic N) is 3.